The number of carbonyl (C=O) groups is 3. The quantitative estimate of drug-likeness (QED) is 0.0655. The molecule has 3 aliphatic heterocycles. The van der Waals surface area contributed by atoms with Gasteiger partial charge < -0.3 is 73.6 Å². The summed E-state index contributed by atoms with van der Waals surface area (Å²) in [6.07, 6.45) is -5.43. The number of phenols is 2. The molecule has 4 rings (SSSR count). The molecule has 14 atom stereocenters. The van der Waals surface area contributed by atoms with E-state index in [4.69, 9.17) is 61.1 Å². The van der Waals surface area contributed by atoms with Crippen molar-refractivity contribution in [2.24, 2.45) is 11.8 Å². The van der Waals surface area contributed by atoms with E-state index in [0.29, 0.717) is 23.1 Å². The van der Waals surface area contributed by atoms with Gasteiger partial charge in [-0.25, -0.2) is 9.59 Å². The van der Waals surface area contributed by atoms with E-state index >= 15 is 0 Å². The molecule has 3 heterocycles. The van der Waals surface area contributed by atoms with Crippen LogP contribution in [0, 0.1) is 11.8 Å². The third-order valence-electron chi connectivity index (χ3n) is 13.0. The Hall–Kier alpha value is -3.89. The van der Waals surface area contributed by atoms with Crippen molar-refractivity contribution in [2.45, 2.75) is 187 Å². The van der Waals surface area contributed by atoms with Gasteiger partial charge in [0.25, 0.3) is 0 Å². The topological polar surface area (TPSA) is 267 Å². The fourth-order valence-electron chi connectivity index (χ4n) is 8.52. The first kappa shape index (κ1) is 60.7. The Bertz CT molecular complexity index is 2220. The van der Waals surface area contributed by atoms with Crippen molar-refractivity contribution in [3.05, 3.63) is 79.9 Å². The number of phenolic OH excluding ortho intramolecular Hbond substituents is 2. The molecule has 3 aliphatic rings. The number of hydrogen-bond acceptors (Lipinski definition) is 18. The summed E-state index contributed by atoms with van der Waals surface area (Å²) in [5.74, 6) is -4.88. The predicted octanol–water partition coefficient (Wildman–Crippen LogP) is 6.23. The number of halogens is 2. The minimum absolute atomic E-state index is 0.0379. The van der Waals surface area contributed by atoms with E-state index in [2.05, 4.69) is 0 Å². The van der Waals surface area contributed by atoms with Gasteiger partial charge in [-0.1, -0.05) is 86.9 Å². The monoisotopic (exact) mass is 1060 g/mol. The summed E-state index contributed by atoms with van der Waals surface area (Å²) in [5.41, 5.74) is 0.283. The van der Waals surface area contributed by atoms with E-state index in [1.165, 1.54) is 33.1 Å². The minimum Gasteiger partial charge on any atom is -0.505 e. The summed E-state index contributed by atoms with van der Waals surface area (Å²) in [6, 6.07) is 0. The summed E-state index contributed by atoms with van der Waals surface area (Å²) in [4.78, 5) is 40.1. The highest BCUT2D eigenvalue weighted by atomic mass is 35.5. The SMILES string of the molecule is CCc1c(Cl)c(O)c(Cl)c(O)c1C(=O)OC1C(C)OC(OC/C2=C\C=C\CC(O)/C(C)=C/C(CC)C(OC3OC(C)(C)C(O)C(OC(=O)C(C)C)C3O)/C(C)=C/C(C)=C/CC(C(C)O)OC2=O)C(OC)C1O. The number of allylic oxidation sites excluding steroid dienone is 4. The zero-order valence-electron chi connectivity index (χ0n) is 43.0. The van der Waals surface area contributed by atoms with Crippen LogP contribution in [0.25, 0.3) is 0 Å². The third kappa shape index (κ3) is 14.7. The molecule has 0 bridgehead atoms. The number of benzene rings is 1. The molecule has 0 aromatic heterocycles. The Morgan fingerprint density at radius 2 is 1.57 bits per heavy atom. The van der Waals surface area contributed by atoms with E-state index in [1.54, 1.807) is 53.7 Å². The normalized spacial score (nSPS) is 34.8. The molecule has 404 valence electrons. The molecule has 0 aliphatic carbocycles. The highest BCUT2D eigenvalue weighted by molar-refractivity contribution is 6.39. The largest absolute Gasteiger partial charge is 0.505 e. The van der Waals surface area contributed by atoms with E-state index in [0.717, 1.165) is 0 Å². The van der Waals surface area contributed by atoms with Crippen LogP contribution < -0.4 is 0 Å². The lowest BCUT2D eigenvalue weighted by molar-refractivity contribution is -0.333. The molecule has 14 unspecified atom stereocenters. The van der Waals surface area contributed by atoms with Gasteiger partial charge >= 0.3 is 17.9 Å². The lowest BCUT2D eigenvalue weighted by Crippen LogP contribution is -2.64. The second-order valence-electron chi connectivity index (χ2n) is 19.4. The van der Waals surface area contributed by atoms with Gasteiger partial charge in [0.2, 0.25) is 0 Å². The van der Waals surface area contributed by atoms with Gasteiger partial charge in [-0.15, -0.1) is 0 Å². The fraction of sp³-hybridized carbons (Fsp3) is 0.635. The molecule has 0 spiro atoms. The zero-order chi connectivity index (χ0) is 54.1. The molecule has 7 N–H and O–H groups in total. The number of carbonyl (C=O) groups excluding carboxylic acids is 3. The van der Waals surface area contributed by atoms with Crippen LogP contribution in [0.5, 0.6) is 11.5 Å². The second-order valence-corrected chi connectivity index (χ2v) is 20.1. The van der Waals surface area contributed by atoms with Crippen LogP contribution in [-0.2, 0) is 53.9 Å². The lowest BCUT2D eigenvalue weighted by Gasteiger charge is -2.47. The van der Waals surface area contributed by atoms with Crippen molar-refractivity contribution in [1.29, 1.82) is 0 Å². The molecule has 0 radical (unpaired) electrons. The molecule has 2 saturated heterocycles. The van der Waals surface area contributed by atoms with Gasteiger partial charge in [-0.2, -0.15) is 0 Å². The van der Waals surface area contributed by atoms with Gasteiger partial charge in [0, 0.05) is 19.4 Å². The number of methoxy groups -OCH3 is 1. The van der Waals surface area contributed by atoms with Crippen LogP contribution in [-0.4, -0.2) is 153 Å². The summed E-state index contributed by atoms with van der Waals surface area (Å²) in [5, 5.41) is 76.5. The van der Waals surface area contributed by atoms with Crippen LogP contribution in [0.15, 0.2) is 58.7 Å². The number of hydrogen-bond donors (Lipinski definition) is 7. The van der Waals surface area contributed by atoms with Gasteiger partial charge in [0.15, 0.2) is 36.3 Å². The molecule has 1 aromatic carbocycles. The van der Waals surface area contributed by atoms with Crippen LogP contribution in [0.2, 0.25) is 10.0 Å². The Morgan fingerprint density at radius 1 is 0.903 bits per heavy atom. The van der Waals surface area contributed by atoms with Crippen LogP contribution in [0.1, 0.15) is 111 Å². The highest BCUT2D eigenvalue weighted by Crippen LogP contribution is 2.45. The van der Waals surface area contributed by atoms with Gasteiger partial charge in [0.05, 0.1) is 53.1 Å². The maximum atomic E-state index is 14.0. The van der Waals surface area contributed by atoms with Crippen molar-refractivity contribution in [1.82, 2.24) is 0 Å². The number of aromatic hydroxyl groups is 2. The minimum atomic E-state index is -1.57. The maximum absolute atomic E-state index is 14.0. The van der Waals surface area contributed by atoms with Gasteiger partial charge in [-0.3, -0.25) is 4.79 Å². The van der Waals surface area contributed by atoms with Crippen molar-refractivity contribution < 1.29 is 88.0 Å². The molecule has 18 nitrogen and oxygen atoms in total. The first-order valence-electron chi connectivity index (χ1n) is 24.2. The fourth-order valence-corrected chi connectivity index (χ4v) is 9.08. The Balaban J connectivity index is 1.62. The zero-order valence-corrected chi connectivity index (χ0v) is 44.5. The van der Waals surface area contributed by atoms with Crippen LogP contribution in [0.4, 0.5) is 0 Å². The third-order valence-corrected chi connectivity index (χ3v) is 13.8. The summed E-state index contributed by atoms with van der Waals surface area (Å²) >= 11 is 12.3. The Kier molecular flexibility index (Phi) is 22.4. The van der Waals surface area contributed by atoms with E-state index in [9.17, 15) is 50.1 Å². The second kappa shape index (κ2) is 26.5. The average molecular weight is 1060 g/mol. The van der Waals surface area contributed by atoms with E-state index in [-0.39, 0.29) is 35.4 Å². The summed E-state index contributed by atoms with van der Waals surface area (Å²) in [6.45, 7) is 18.0. The number of aliphatic hydroxyl groups excluding tert-OH is 5. The van der Waals surface area contributed by atoms with Crippen LogP contribution in [0.3, 0.4) is 0 Å². The van der Waals surface area contributed by atoms with Crippen molar-refractivity contribution >= 4 is 41.1 Å². The molecule has 0 amide bonds. The van der Waals surface area contributed by atoms with Crippen molar-refractivity contribution in [3.63, 3.8) is 0 Å². The molecule has 20 heteroatoms. The molecular formula is C52H74Cl2O18. The van der Waals surface area contributed by atoms with Crippen LogP contribution >= 0.6 is 23.2 Å². The Labute approximate surface area is 431 Å². The molecule has 72 heavy (non-hydrogen) atoms. The standard InChI is InChI=1S/C52H74Cl2O18/c1-13-30-22-26(6)33(56)18-16-15-17-31(23-66-51-45(65-12)40(59)43(29(9)67-51)69-49(64)35-32(14-2)36(53)39(58)37(54)38(35)57)48(63)68-34(28(8)55)20-19-25(5)21-27(7)42(30)71-50-41(60)44(70-47(62)24(3)4)46(61)52(10,11)72-50/h15-17,19,21-22,24,28-30,33-34,40-46,50-51,55-61H,13-14,18,20,23H2,1-12H3/b16-15+,25-19+,26-22+,27-21+,31-17+. The van der Waals surface area contributed by atoms with Gasteiger partial charge in [-0.05, 0) is 90.5 Å². The van der Waals surface area contributed by atoms with Crippen molar-refractivity contribution in [3.8, 4) is 11.5 Å². The summed E-state index contributed by atoms with van der Waals surface area (Å²) < 4.78 is 47.5. The number of esters is 3. The highest BCUT2D eigenvalue weighted by Gasteiger charge is 2.53. The molecule has 2 fully saturated rings. The van der Waals surface area contributed by atoms with Gasteiger partial charge in [0.1, 0.15) is 41.1 Å². The molecule has 1 aromatic rings. The first-order chi connectivity index (χ1) is 33.7. The molecule has 0 saturated carbocycles. The first-order valence-corrected chi connectivity index (χ1v) is 24.9. The van der Waals surface area contributed by atoms with E-state index < -0.39 is 144 Å². The smallest absolute Gasteiger partial charge is 0.342 e. The van der Waals surface area contributed by atoms with Crippen molar-refractivity contribution in [2.75, 3.05) is 13.7 Å². The maximum Gasteiger partial charge on any atom is 0.342 e. The number of aliphatic hydroxyl groups is 5. The molecular weight excluding hydrogens is 983 g/mol. The van der Waals surface area contributed by atoms with E-state index in [1.807, 2.05) is 32.9 Å². The average Bonchev–Trinajstić information content (AvgIpc) is 3.32. The summed E-state index contributed by atoms with van der Waals surface area (Å²) in [7, 11) is 1.26. The number of ether oxygens (including phenoxy) is 8. The predicted molar refractivity (Wildman–Crippen MR) is 265 cm³/mol. The number of rotatable bonds is 13. The Morgan fingerprint density at radius 3 is 2.17 bits per heavy atom. The lowest BCUT2D eigenvalue weighted by atomic mass is 9.88. The number of cyclic esters (lactones) is 1.